The highest BCUT2D eigenvalue weighted by molar-refractivity contribution is 5.90. The molecule has 0 unspecified atom stereocenters. The van der Waals surface area contributed by atoms with Gasteiger partial charge in [-0.2, -0.15) is 0 Å². The largest absolute Gasteiger partial charge is 0.461 e. The van der Waals surface area contributed by atoms with Crippen LogP contribution in [0.4, 0.5) is 5.82 Å². The molecule has 0 fully saturated rings. The van der Waals surface area contributed by atoms with Crippen molar-refractivity contribution in [2.24, 2.45) is 0 Å². The van der Waals surface area contributed by atoms with Crippen molar-refractivity contribution >= 4 is 23.0 Å². The number of anilines is 1. The molecule has 2 heterocycles. The molecule has 0 bridgehead atoms. The number of H-pyrrole nitrogens is 1. The number of fused-ring (bicyclic) bond motifs is 1. The molecule has 0 spiro atoms. The number of carbonyl (C=O) groups is 1. The van der Waals surface area contributed by atoms with Crippen LogP contribution in [0.2, 0.25) is 0 Å². The third-order valence-electron chi connectivity index (χ3n) is 1.99. The molecule has 0 aliphatic heterocycles. The first-order chi connectivity index (χ1) is 8.13. The summed E-state index contributed by atoms with van der Waals surface area (Å²) in [4.78, 5) is 36.7. The zero-order chi connectivity index (χ0) is 12.4. The minimum absolute atomic E-state index is 0.0804. The third-order valence-corrected chi connectivity index (χ3v) is 1.99. The molecular weight excluding hydrogens is 226 g/mol. The number of nitrogens with one attached hydrogen (secondary N) is 1. The molecule has 0 radical (unpaired) electrons. The number of esters is 1. The molecule has 2 rings (SSSR count). The minimum atomic E-state index is -0.807. The van der Waals surface area contributed by atoms with Crippen LogP contribution in [0, 0.1) is 0 Å². The van der Waals surface area contributed by atoms with Gasteiger partial charge in [0.25, 0.3) is 5.56 Å². The van der Waals surface area contributed by atoms with E-state index < -0.39 is 11.5 Å². The first-order valence-corrected chi connectivity index (χ1v) is 4.81. The number of nitrogen functional groups attached to an aromatic ring is 1. The van der Waals surface area contributed by atoms with Crippen molar-refractivity contribution in [2.75, 3.05) is 12.3 Å². The molecule has 8 heteroatoms. The fraction of sp³-hybridized carbons (Fsp3) is 0.222. The number of carbonyl (C=O) groups excluding carboxylic acids is 1. The number of hydrogen-bond donors (Lipinski definition) is 2. The number of ether oxygens (including phenoxy) is 1. The molecule has 0 aliphatic rings. The maximum Gasteiger partial charge on any atom is 0.362 e. The van der Waals surface area contributed by atoms with E-state index in [1.165, 1.54) is 6.33 Å². The van der Waals surface area contributed by atoms with Crippen LogP contribution in [-0.4, -0.2) is 32.5 Å². The van der Waals surface area contributed by atoms with Crippen LogP contribution in [0.5, 0.6) is 0 Å². The summed E-state index contributed by atoms with van der Waals surface area (Å²) >= 11 is 0. The van der Waals surface area contributed by atoms with Gasteiger partial charge in [-0.3, -0.25) is 4.79 Å². The Morgan fingerprint density at radius 2 is 2.29 bits per heavy atom. The SMILES string of the molecule is CCOC(=O)c1nc2c(N)ncnc2[nH]c1=O. The second kappa shape index (κ2) is 4.16. The van der Waals surface area contributed by atoms with Gasteiger partial charge in [0.1, 0.15) is 11.8 Å². The van der Waals surface area contributed by atoms with Gasteiger partial charge in [0, 0.05) is 0 Å². The maximum atomic E-state index is 11.5. The summed E-state index contributed by atoms with van der Waals surface area (Å²) in [6.45, 7) is 1.78. The minimum Gasteiger partial charge on any atom is -0.461 e. The summed E-state index contributed by atoms with van der Waals surface area (Å²) in [6, 6.07) is 0. The molecule has 0 atom stereocenters. The fourth-order valence-electron chi connectivity index (χ4n) is 1.26. The van der Waals surface area contributed by atoms with Gasteiger partial charge < -0.3 is 15.5 Å². The molecule has 2 aromatic heterocycles. The van der Waals surface area contributed by atoms with Crippen LogP contribution in [0.3, 0.4) is 0 Å². The zero-order valence-electron chi connectivity index (χ0n) is 8.93. The summed E-state index contributed by atoms with van der Waals surface area (Å²) < 4.78 is 4.69. The third kappa shape index (κ3) is 1.92. The van der Waals surface area contributed by atoms with Gasteiger partial charge in [-0.05, 0) is 6.92 Å². The van der Waals surface area contributed by atoms with E-state index in [9.17, 15) is 9.59 Å². The van der Waals surface area contributed by atoms with E-state index in [4.69, 9.17) is 10.5 Å². The normalized spacial score (nSPS) is 10.4. The number of aromatic nitrogens is 4. The molecule has 8 nitrogen and oxygen atoms in total. The van der Waals surface area contributed by atoms with Gasteiger partial charge in [0.05, 0.1) is 6.61 Å². The summed E-state index contributed by atoms with van der Waals surface area (Å²) in [5, 5.41) is 0. The lowest BCUT2D eigenvalue weighted by molar-refractivity contribution is 0.0517. The summed E-state index contributed by atoms with van der Waals surface area (Å²) in [5.74, 6) is -0.726. The first-order valence-electron chi connectivity index (χ1n) is 4.81. The van der Waals surface area contributed by atoms with Gasteiger partial charge >= 0.3 is 5.97 Å². The van der Waals surface area contributed by atoms with Crippen molar-refractivity contribution in [3.63, 3.8) is 0 Å². The summed E-state index contributed by atoms with van der Waals surface area (Å²) in [5.41, 5.74) is 4.87. The van der Waals surface area contributed by atoms with Crippen LogP contribution in [0.25, 0.3) is 11.2 Å². The Hall–Kier alpha value is -2.51. The number of nitrogens with two attached hydrogens (primary N) is 1. The zero-order valence-corrected chi connectivity index (χ0v) is 8.93. The Balaban J connectivity index is 2.66. The molecule has 0 saturated carbocycles. The number of aromatic amines is 1. The van der Waals surface area contributed by atoms with Crippen molar-refractivity contribution in [1.29, 1.82) is 0 Å². The topological polar surface area (TPSA) is 124 Å². The average molecular weight is 235 g/mol. The lowest BCUT2D eigenvalue weighted by Gasteiger charge is -2.02. The smallest absolute Gasteiger partial charge is 0.362 e. The standard InChI is InChI=1S/C9H9N5O3/c1-2-17-9(16)5-8(15)14-7-4(13-5)6(10)11-3-12-7/h3H,2H2,1H3,(H3,10,11,12,14,15). The molecular formula is C9H9N5O3. The lowest BCUT2D eigenvalue weighted by Crippen LogP contribution is -2.22. The second-order valence-electron chi connectivity index (χ2n) is 3.09. The number of rotatable bonds is 2. The highest BCUT2D eigenvalue weighted by atomic mass is 16.5. The Morgan fingerprint density at radius 1 is 1.53 bits per heavy atom. The molecule has 0 aromatic carbocycles. The molecule has 17 heavy (non-hydrogen) atoms. The molecule has 0 amide bonds. The van der Waals surface area contributed by atoms with E-state index in [2.05, 4.69) is 19.9 Å². The van der Waals surface area contributed by atoms with Gasteiger partial charge in [0.2, 0.25) is 5.69 Å². The Morgan fingerprint density at radius 3 is 3.00 bits per heavy atom. The van der Waals surface area contributed by atoms with Crippen molar-refractivity contribution in [3.8, 4) is 0 Å². The van der Waals surface area contributed by atoms with Crippen LogP contribution in [0.1, 0.15) is 17.4 Å². The highest BCUT2D eigenvalue weighted by Gasteiger charge is 2.16. The van der Waals surface area contributed by atoms with Gasteiger partial charge in [-0.1, -0.05) is 0 Å². The fourth-order valence-corrected chi connectivity index (χ4v) is 1.26. The molecule has 0 saturated heterocycles. The van der Waals surface area contributed by atoms with E-state index in [0.29, 0.717) is 0 Å². The van der Waals surface area contributed by atoms with Crippen LogP contribution >= 0.6 is 0 Å². The van der Waals surface area contributed by atoms with Gasteiger partial charge in [-0.15, -0.1) is 0 Å². The first kappa shape index (κ1) is 11.0. The predicted octanol–water partition coefficient (Wildman–Crippen LogP) is -0.528. The van der Waals surface area contributed by atoms with Crippen molar-refractivity contribution in [1.82, 2.24) is 19.9 Å². The second-order valence-corrected chi connectivity index (χ2v) is 3.09. The maximum absolute atomic E-state index is 11.5. The van der Waals surface area contributed by atoms with Crippen LogP contribution in [0.15, 0.2) is 11.1 Å². The molecule has 2 aromatic rings. The van der Waals surface area contributed by atoms with Crippen LogP contribution < -0.4 is 11.3 Å². The van der Waals surface area contributed by atoms with Gasteiger partial charge in [0.15, 0.2) is 11.5 Å². The molecule has 88 valence electrons. The van der Waals surface area contributed by atoms with E-state index in [1.807, 2.05) is 0 Å². The Labute approximate surface area is 94.9 Å². The molecule has 3 N–H and O–H groups in total. The Bertz CT molecular complexity index is 636. The monoisotopic (exact) mass is 235 g/mol. The highest BCUT2D eigenvalue weighted by Crippen LogP contribution is 2.09. The molecule has 0 aliphatic carbocycles. The number of nitrogens with zero attached hydrogens (tertiary/aromatic N) is 3. The van der Waals surface area contributed by atoms with Gasteiger partial charge in [-0.25, -0.2) is 19.7 Å². The van der Waals surface area contributed by atoms with Crippen LogP contribution in [-0.2, 0) is 4.74 Å². The van der Waals surface area contributed by atoms with Crippen molar-refractivity contribution < 1.29 is 9.53 Å². The quantitative estimate of drug-likeness (QED) is 0.670. The summed E-state index contributed by atoms with van der Waals surface area (Å²) in [7, 11) is 0. The van der Waals surface area contributed by atoms with Crippen molar-refractivity contribution in [2.45, 2.75) is 6.92 Å². The van der Waals surface area contributed by atoms with E-state index in [-0.39, 0.29) is 29.3 Å². The predicted molar refractivity (Wildman–Crippen MR) is 58.3 cm³/mol. The Kier molecular flexibility index (Phi) is 2.69. The lowest BCUT2D eigenvalue weighted by atomic mass is 10.4. The van der Waals surface area contributed by atoms with Crippen molar-refractivity contribution in [3.05, 3.63) is 22.4 Å². The van der Waals surface area contributed by atoms with E-state index in [0.717, 1.165) is 0 Å². The number of hydrogen-bond acceptors (Lipinski definition) is 7. The van der Waals surface area contributed by atoms with E-state index >= 15 is 0 Å². The van der Waals surface area contributed by atoms with E-state index in [1.54, 1.807) is 6.92 Å². The summed E-state index contributed by atoms with van der Waals surface area (Å²) in [6.07, 6.45) is 1.19. The average Bonchev–Trinajstić information content (AvgIpc) is 2.29.